The Balaban J connectivity index is 1.65. The summed E-state index contributed by atoms with van der Waals surface area (Å²) in [5.41, 5.74) is 4.04. The number of carbonyl (C=O) groups excluding carboxylic acids is 1. The lowest BCUT2D eigenvalue weighted by molar-refractivity contribution is 0.0696. The molecule has 2 aromatic heterocycles. The van der Waals surface area contributed by atoms with E-state index < -0.39 is 5.97 Å². The number of aromatic nitrogens is 3. The van der Waals surface area contributed by atoms with Gasteiger partial charge in [-0.05, 0) is 49.1 Å². The van der Waals surface area contributed by atoms with E-state index in [0.717, 1.165) is 29.5 Å². The molecule has 0 saturated heterocycles. The van der Waals surface area contributed by atoms with Gasteiger partial charge >= 0.3 is 5.97 Å². The summed E-state index contributed by atoms with van der Waals surface area (Å²) < 4.78 is 1.57. The predicted molar refractivity (Wildman–Crippen MR) is 99.0 cm³/mol. The van der Waals surface area contributed by atoms with Crippen molar-refractivity contribution >= 4 is 11.9 Å². The van der Waals surface area contributed by atoms with Gasteiger partial charge in [0, 0.05) is 29.6 Å². The number of aryl methyl sites for hydroxylation is 1. The Morgan fingerprint density at radius 3 is 2.70 bits per heavy atom. The molecule has 2 heterocycles. The van der Waals surface area contributed by atoms with Crippen molar-refractivity contribution in [3.8, 4) is 16.8 Å². The number of carboxylic acid groups (broad SMARTS) is 1. The summed E-state index contributed by atoms with van der Waals surface area (Å²) in [6, 6.07) is 7.42. The molecule has 0 spiro atoms. The van der Waals surface area contributed by atoms with Crippen molar-refractivity contribution in [2.75, 3.05) is 0 Å². The summed E-state index contributed by atoms with van der Waals surface area (Å²) in [5, 5.41) is 16.4. The minimum atomic E-state index is -1.04. The molecule has 0 atom stereocenters. The highest BCUT2D eigenvalue weighted by Gasteiger charge is 2.24. The Hall–Kier alpha value is -3.48. The molecule has 4 rings (SSSR count). The number of pyridine rings is 1. The van der Waals surface area contributed by atoms with Crippen molar-refractivity contribution in [2.45, 2.75) is 25.8 Å². The number of carbonyl (C=O) groups is 2. The van der Waals surface area contributed by atoms with Crippen LogP contribution in [0.5, 0.6) is 0 Å². The Kier molecular flexibility index (Phi) is 4.19. The highest BCUT2D eigenvalue weighted by atomic mass is 16.4. The number of nitrogens with zero attached hydrogens (tertiary/aromatic N) is 3. The number of carboxylic acids is 1. The van der Waals surface area contributed by atoms with Crippen LogP contribution in [0.2, 0.25) is 0 Å². The minimum Gasteiger partial charge on any atom is -0.478 e. The number of aromatic carboxylic acids is 1. The Morgan fingerprint density at radius 2 is 1.96 bits per heavy atom. The summed E-state index contributed by atoms with van der Waals surface area (Å²) in [6.07, 6.45) is 8.42. The van der Waals surface area contributed by atoms with E-state index in [4.69, 9.17) is 5.11 Å². The number of benzene rings is 1. The zero-order valence-electron chi connectivity index (χ0n) is 14.7. The molecule has 1 amide bonds. The molecule has 1 aliphatic rings. The van der Waals surface area contributed by atoms with Crippen LogP contribution in [0.15, 0.2) is 49.1 Å². The zero-order valence-corrected chi connectivity index (χ0v) is 14.7. The molecule has 1 fully saturated rings. The van der Waals surface area contributed by atoms with Crippen LogP contribution in [0, 0.1) is 6.92 Å². The van der Waals surface area contributed by atoms with Crippen molar-refractivity contribution in [1.82, 2.24) is 20.1 Å². The van der Waals surface area contributed by atoms with Crippen LogP contribution in [-0.2, 0) is 0 Å². The first kappa shape index (κ1) is 17.0. The lowest BCUT2D eigenvalue weighted by Crippen LogP contribution is -2.25. The highest BCUT2D eigenvalue weighted by Crippen LogP contribution is 2.26. The fourth-order valence-corrected chi connectivity index (χ4v) is 2.84. The van der Waals surface area contributed by atoms with Gasteiger partial charge < -0.3 is 10.4 Å². The number of nitrogens with one attached hydrogen (secondary N) is 1. The van der Waals surface area contributed by atoms with Gasteiger partial charge in [-0.25, -0.2) is 9.48 Å². The largest absolute Gasteiger partial charge is 0.478 e. The van der Waals surface area contributed by atoms with Crippen LogP contribution >= 0.6 is 0 Å². The van der Waals surface area contributed by atoms with Gasteiger partial charge in [-0.2, -0.15) is 5.10 Å². The van der Waals surface area contributed by atoms with Gasteiger partial charge in [-0.1, -0.05) is 6.07 Å². The van der Waals surface area contributed by atoms with Crippen LogP contribution in [0.4, 0.5) is 0 Å². The van der Waals surface area contributed by atoms with Crippen molar-refractivity contribution in [1.29, 1.82) is 0 Å². The first-order valence-electron chi connectivity index (χ1n) is 8.66. The maximum atomic E-state index is 12.3. The quantitative estimate of drug-likeness (QED) is 0.727. The van der Waals surface area contributed by atoms with Crippen LogP contribution in [-0.4, -0.2) is 37.8 Å². The standard InChI is InChI=1S/C20H18N4O3/c1-12-2-3-13(19(25)23-16-4-5-16)7-18(12)15-9-22-24(11-15)17-6-14(20(26)27)8-21-10-17/h2-3,6-11,16H,4-5H2,1H3,(H,23,25)(H,26,27). The average molecular weight is 362 g/mol. The molecule has 0 aliphatic heterocycles. The predicted octanol–water partition coefficient (Wildman–Crippen LogP) is 2.83. The molecule has 136 valence electrons. The van der Waals surface area contributed by atoms with Gasteiger partial charge in [0.2, 0.25) is 0 Å². The molecule has 7 nitrogen and oxygen atoms in total. The molecule has 0 bridgehead atoms. The van der Waals surface area contributed by atoms with E-state index in [1.807, 2.05) is 25.1 Å². The number of hydrogen-bond acceptors (Lipinski definition) is 4. The Morgan fingerprint density at radius 1 is 1.15 bits per heavy atom. The van der Waals surface area contributed by atoms with Crippen molar-refractivity contribution < 1.29 is 14.7 Å². The fraction of sp³-hybridized carbons (Fsp3) is 0.200. The third-order valence-corrected chi connectivity index (χ3v) is 4.54. The van der Waals surface area contributed by atoms with Gasteiger partial charge in [0.15, 0.2) is 0 Å². The van der Waals surface area contributed by atoms with E-state index in [-0.39, 0.29) is 11.5 Å². The minimum absolute atomic E-state index is 0.0653. The maximum Gasteiger partial charge on any atom is 0.337 e. The van der Waals surface area contributed by atoms with Crippen LogP contribution in [0.25, 0.3) is 16.8 Å². The molecule has 1 aromatic carbocycles. The van der Waals surface area contributed by atoms with E-state index in [2.05, 4.69) is 15.4 Å². The molecule has 7 heteroatoms. The van der Waals surface area contributed by atoms with Gasteiger partial charge in [0.1, 0.15) is 0 Å². The molecule has 0 radical (unpaired) electrons. The molecule has 0 unspecified atom stereocenters. The second-order valence-electron chi connectivity index (χ2n) is 6.69. The molecule has 3 aromatic rings. The summed E-state index contributed by atoms with van der Waals surface area (Å²) in [5.74, 6) is -1.11. The number of rotatable bonds is 5. The average Bonchev–Trinajstić information content (AvgIpc) is 3.34. The zero-order chi connectivity index (χ0) is 19.0. The number of hydrogen-bond donors (Lipinski definition) is 2. The SMILES string of the molecule is Cc1ccc(C(=O)NC2CC2)cc1-c1cnn(-c2cncc(C(=O)O)c2)c1. The Bertz CT molecular complexity index is 1040. The summed E-state index contributed by atoms with van der Waals surface area (Å²) in [4.78, 5) is 27.4. The molecule has 2 N–H and O–H groups in total. The monoisotopic (exact) mass is 362 g/mol. The Labute approximate surface area is 155 Å². The van der Waals surface area contributed by atoms with Crippen LogP contribution in [0.3, 0.4) is 0 Å². The summed E-state index contributed by atoms with van der Waals surface area (Å²) in [6.45, 7) is 1.97. The van der Waals surface area contributed by atoms with Crippen molar-refractivity contribution in [3.05, 3.63) is 65.7 Å². The maximum absolute atomic E-state index is 12.3. The van der Waals surface area contributed by atoms with Gasteiger partial charge in [-0.15, -0.1) is 0 Å². The van der Waals surface area contributed by atoms with E-state index >= 15 is 0 Å². The molecular weight excluding hydrogens is 344 g/mol. The first-order valence-corrected chi connectivity index (χ1v) is 8.66. The molecule has 1 aliphatic carbocycles. The van der Waals surface area contributed by atoms with Crippen LogP contribution in [0.1, 0.15) is 39.1 Å². The molecular formula is C20H18N4O3. The van der Waals surface area contributed by atoms with Gasteiger partial charge in [-0.3, -0.25) is 9.78 Å². The highest BCUT2D eigenvalue weighted by molar-refractivity contribution is 5.96. The first-order chi connectivity index (χ1) is 13.0. The third kappa shape index (κ3) is 3.57. The smallest absolute Gasteiger partial charge is 0.337 e. The summed E-state index contributed by atoms with van der Waals surface area (Å²) >= 11 is 0. The number of amides is 1. The summed E-state index contributed by atoms with van der Waals surface area (Å²) in [7, 11) is 0. The van der Waals surface area contributed by atoms with Gasteiger partial charge in [0.05, 0.1) is 23.6 Å². The van der Waals surface area contributed by atoms with Crippen LogP contribution < -0.4 is 5.32 Å². The van der Waals surface area contributed by atoms with E-state index in [1.165, 1.54) is 12.3 Å². The third-order valence-electron chi connectivity index (χ3n) is 4.54. The molecule has 27 heavy (non-hydrogen) atoms. The van der Waals surface area contributed by atoms with E-state index in [1.54, 1.807) is 23.3 Å². The van der Waals surface area contributed by atoms with Gasteiger partial charge in [0.25, 0.3) is 5.91 Å². The topological polar surface area (TPSA) is 97.1 Å². The lowest BCUT2D eigenvalue weighted by atomic mass is 10.0. The second kappa shape index (κ2) is 6.68. The molecule has 1 saturated carbocycles. The normalized spacial score (nSPS) is 13.4. The second-order valence-corrected chi connectivity index (χ2v) is 6.69. The van der Waals surface area contributed by atoms with Crippen molar-refractivity contribution in [2.24, 2.45) is 0 Å². The van der Waals surface area contributed by atoms with E-state index in [0.29, 0.717) is 17.3 Å². The van der Waals surface area contributed by atoms with Crippen molar-refractivity contribution in [3.63, 3.8) is 0 Å². The van der Waals surface area contributed by atoms with E-state index in [9.17, 15) is 9.59 Å². The fourth-order valence-electron chi connectivity index (χ4n) is 2.84. The lowest BCUT2D eigenvalue weighted by Gasteiger charge is -2.08.